The van der Waals surface area contributed by atoms with Gasteiger partial charge in [0.15, 0.2) is 11.6 Å². The number of aliphatic hydroxyl groups is 2. The second-order valence-electron chi connectivity index (χ2n) is 17.6. The Balaban J connectivity index is 0.00000406. The van der Waals surface area contributed by atoms with Crippen LogP contribution < -0.4 is 29.6 Å². The summed E-state index contributed by atoms with van der Waals surface area (Å²) in [7, 11) is 0. The van der Waals surface area contributed by atoms with E-state index in [0.717, 1.165) is 25.7 Å². The van der Waals surface area contributed by atoms with E-state index in [9.17, 15) is 29.7 Å². The molecule has 5 fully saturated rings. The van der Waals surface area contributed by atoms with Gasteiger partial charge in [0, 0.05) is 43.4 Å². The van der Waals surface area contributed by atoms with E-state index in [1.807, 2.05) is 27.7 Å². The van der Waals surface area contributed by atoms with E-state index >= 15 is 0 Å². The molecule has 14 heteroatoms. The van der Waals surface area contributed by atoms with Gasteiger partial charge in [-0.15, -0.1) is 0 Å². The third kappa shape index (κ3) is 9.05. The van der Waals surface area contributed by atoms with Gasteiger partial charge < -0.3 is 49.9 Å². The molecule has 0 aliphatic carbocycles. The molecule has 5 aliphatic heterocycles. The van der Waals surface area contributed by atoms with Crippen LogP contribution in [0.5, 0.6) is 0 Å². The summed E-state index contributed by atoms with van der Waals surface area (Å²) in [5.41, 5.74) is -1.36. The quantitative estimate of drug-likeness (QED) is 0.195. The molecule has 5 rings (SSSR count). The van der Waals surface area contributed by atoms with E-state index < -0.39 is 71.5 Å². The number of hydrogen-bond donors (Lipinski definition) is 3. The molecule has 5 aliphatic rings. The first kappa shape index (κ1) is 45.8. The fraction of sp³-hybridized carbons (Fsp3) is 0.925. The van der Waals surface area contributed by atoms with Crippen molar-refractivity contribution < 1.29 is 93.8 Å². The van der Waals surface area contributed by atoms with E-state index in [1.54, 1.807) is 13.8 Å². The summed E-state index contributed by atoms with van der Waals surface area (Å²) >= 11 is 0. The minimum Gasteiger partial charge on any atom is -1.00 e. The Labute approximate surface area is 345 Å². The van der Waals surface area contributed by atoms with Crippen molar-refractivity contribution in [1.29, 1.82) is 0 Å². The SMILES string of the molecule is CCC(=O)O[C@H]([C@H](C)[C@H]1O[C@@]2(CC[C@@](C)([C@H]3CC[C@@](C)(C4O[C@@H]([C@H]5O[C@@](O)(CO)[C@H](C)C[C@@H]5C)C[C@@H]4C)O3)O2)C[C@H](OC(=O)CC)[C@H]1C)[C@@H](C)C(=O)O.[H-].[Na+]. The zero-order chi connectivity index (χ0) is 39.3. The van der Waals surface area contributed by atoms with Crippen LogP contribution in [0.2, 0.25) is 0 Å². The first-order valence-corrected chi connectivity index (χ1v) is 20.1. The minimum absolute atomic E-state index is 0. The number of esters is 2. The van der Waals surface area contributed by atoms with Gasteiger partial charge in [0.1, 0.15) is 12.2 Å². The Bertz CT molecular complexity index is 1340. The van der Waals surface area contributed by atoms with Crippen LogP contribution >= 0.6 is 0 Å². The van der Waals surface area contributed by atoms with E-state index in [2.05, 4.69) is 20.8 Å². The Hall–Kier alpha value is -0.870. The van der Waals surface area contributed by atoms with Gasteiger partial charge in [-0.3, -0.25) is 14.4 Å². The molecule has 0 amide bonds. The zero-order valence-corrected chi connectivity index (χ0v) is 36.5. The van der Waals surface area contributed by atoms with Crippen LogP contribution in [0, 0.1) is 35.5 Å². The fourth-order valence-electron chi connectivity index (χ4n) is 10.0. The van der Waals surface area contributed by atoms with Crippen LogP contribution in [0.3, 0.4) is 0 Å². The van der Waals surface area contributed by atoms with E-state index in [0.29, 0.717) is 19.3 Å². The van der Waals surface area contributed by atoms with Gasteiger partial charge in [0.25, 0.3) is 0 Å². The van der Waals surface area contributed by atoms with Crippen molar-refractivity contribution in [2.75, 3.05) is 6.61 Å². The Morgan fingerprint density at radius 1 is 0.907 bits per heavy atom. The van der Waals surface area contributed by atoms with Gasteiger partial charge in [0.05, 0.1) is 54.2 Å². The summed E-state index contributed by atoms with van der Waals surface area (Å²) < 4.78 is 45.6. The Morgan fingerprint density at radius 2 is 1.57 bits per heavy atom. The molecule has 5 heterocycles. The Kier molecular flexibility index (Phi) is 14.9. The fourth-order valence-corrected chi connectivity index (χ4v) is 10.0. The first-order chi connectivity index (χ1) is 24.7. The van der Waals surface area contributed by atoms with Crippen molar-refractivity contribution >= 4 is 17.9 Å². The molecule has 0 bridgehead atoms. The topological polar surface area (TPSA) is 177 Å². The number of aliphatic hydroxyl groups excluding tert-OH is 1. The monoisotopic (exact) mass is 778 g/mol. The summed E-state index contributed by atoms with van der Waals surface area (Å²) in [5, 5.41) is 30.9. The van der Waals surface area contributed by atoms with Crippen molar-refractivity contribution in [2.24, 2.45) is 35.5 Å². The van der Waals surface area contributed by atoms with Gasteiger partial charge in [-0.2, -0.15) is 0 Å². The molecule has 54 heavy (non-hydrogen) atoms. The molecule has 13 nitrogen and oxygen atoms in total. The maximum atomic E-state index is 12.7. The van der Waals surface area contributed by atoms with Gasteiger partial charge in [-0.25, -0.2) is 0 Å². The Morgan fingerprint density at radius 3 is 2.19 bits per heavy atom. The van der Waals surface area contributed by atoms with Crippen molar-refractivity contribution in [3.05, 3.63) is 0 Å². The largest absolute Gasteiger partial charge is 1.00 e. The molecule has 0 aromatic carbocycles. The number of carboxylic acids is 1. The molecule has 0 radical (unpaired) electrons. The number of hydrogen-bond acceptors (Lipinski definition) is 12. The standard InChI is InChI=1S/C40H66O13.Na.H/c1-11-30(42)47-28-19-39(51-34(24(28)6)25(7)33(26(8)36(44)45)49-31(43)12-2)16-15-37(9,53-39)29-13-14-38(10,50-29)35-22(4)18-27(48-35)32-21(3)17-23(5)40(46,20-41)52-32;;/h21-29,32-35,41,46H,11-20H2,1-10H3,(H,44,45);;/q;+1;-1/t21-,22-,23+,24+,25-,26+,27+,28-,29+,32-,33+,34-,35?,37-,38-,39+,40-;;/m0../s1. The third-order valence-electron chi connectivity index (χ3n) is 13.5. The molecule has 0 aromatic rings. The van der Waals surface area contributed by atoms with Crippen LogP contribution in [-0.2, 0) is 47.5 Å². The maximum absolute atomic E-state index is 12.7. The smallest absolute Gasteiger partial charge is 1.00 e. The minimum atomic E-state index is -1.59. The van der Waals surface area contributed by atoms with Crippen LogP contribution in [0.1, 0.15) is 128 Å². The van der Waals surface area contributed by atoms with Gasteiger partial charge >= 0.3 is 47.5 Å². The molecular formula is C40H67NaO13. The third-order valence-corrected chi connectivity index (χ3v) is 13.5. The summed E-state index contributed by atoms with van der Waals surface area (Å²) in [6.07, 6.45) is 1.37. The average Bonchev–Trinajstić information content (AvgIpc) is 3.81. The number of carboxylic acid groups (broad SMARTS) is 1. The zero-order valence-electron chi connectivity index (χ0n) is 35.5. The summed E-state index contributed by atoms with van der Waals surface area (Å²) in [4.78, 5) is 37.3. The number of ether oxygens (including phenoxy) is 7. The normalized spacial score (nSPS) is 45.3. The first-order valence-electron chi connectivity index (χ1n) is 20.1. The average molecular weight is 779 g/mol. The van der Waals surface area contributed by atoms with E-state index in [-0.39, 0.29) is 97.9 Å². The second kappa shape index (κ2) is 17.5. The number of carbonyl (C=O) groups excluding carboxylic acids is 2. The van der Waals surface area contributed by atoms with Crippen LogP contribution in [-0.4, -0.2) is 105 Å². The second-order valence-corrected chi connectivity index (χ2v) is 17.6. The molecule has 3 N–H and O–H groups in total. The summed E-state index contributed by atoms with van der Waals surface area (Å²) in [6.45, 7) is 18.5. The van der Waals surface area contributed by atoms with Crippen LogP contribution in [0.25, 0.3) is 0 Å². The van der Waals surface area contributed by atoms with E-state index in [1.165, 1.54) is 6.92 Å². The van der Waals surface area contributed by atoms with Crippen molar-refractivity contribution in [1.82, 2.24) is 0 Å². The molecule has 1 unspecified atom stereocenters. The van der Waals surface area contributed by atoms with Crippen molar-refractivity contribution in [2.45, 2.75) is 193 Å². The number of aliphatic carboxylic acids is 1. The molecule has 17 atom stereocenters. The van der Waals surface area contributed by atoms with Crippen molar-refractivity contribution in [3.8, 4) is 0 Å². The molecule has 0 saturated carbocycles. The number of rotatable bonds is 12. The van der Waals surface area contributed by atoms with Gasteiger partial charge in [0.2, 0.25) is 0 Å². The van der Waals surface area contributed by atoms with Gasteiger partial charge in [-0.05, 0) is 64.7 Å². The summed E-state index contributed by atoms with van der Waals surface area (Å²) in [5.74, 6) is -6.44. The molecule has 306 valence electrons. The van der Waals surface area contributed by atoms with Gasteiger partial charge in [-0.1, -0.05) is 48.5 Å². The summed E-state index contributed by atoms with van der Waals surface area (Å²) in [6, 6.07) is 0. The van der Waals surface area contributed by atoms with E-state index in [4.69, 9.17) is 33.2 Å². The van der Waals surface area contributed by atoms with Crippen molar-refractivity contribution in [3.63, 3.8) is 0 Å². The molecular weight excluding hydrogens is 711 g/mol. The number of carbonyl (C=O) groups is 3. The van der Waals surface area contributed by atoms with Crippen LogP contribution in [0.15, 0.2) is 0 Å². The predicted molar refractivity (Wildman–Crippen MR) is 192 cm³/mol. The molecule has 5 saturated heterocycles. The van der Waals surface area contributed by atoms with Crippen LogP contribution in [0.4, 0.5) is 0 Å². The molecule has 0 aromatic heterocycles. The predicted octanol–water partition coefficient (Wildman–Crippen LogP) is 2.27. The molecule has 1 spiro atoms. The maximum Gasteiger partial charge on any atom is 1.00 e.